The van der Waals surface area contributed by atoms with Crippen LogP contribution in [0.15, 0.2) is 35.3 Å². The van der Waals surface area contributed by atoms with Crippen LogP contribution in [-0.4, -0.2) is 58.4 Å². The number of benzene rings is 1. The molecule has 1 aromatic carbocycles. The quantitative estimate of drug-likeness (QED) is 0.182. The number of nitrogens with one attached hydrogen (secondary N) is 1. The van der Waals surface area contributed by atoms with E-state index in [2.05, 4.69) is 10.3 Å². The molecule has 0 radical (unpaired) electrons. The number of aliphatic imine (C=N–C) groups is 1. The van der Waals surface area contributed by atoms with Crippen LogP contribution >= 0.6 is 0 Å². The molecule has 8 N–H and O–H groups in total. The van der Waals surface area contributed by atoms with E-state index in [0.29, 0.717) is 51.6 Å². The Kier molecular flexibility index (Phi) is 10.1. The van der Waals surface area contributed by atoms with Crippen LogP contribution < -0.4 is 22.5 Å². The second kappa shape index (κ2) is 12.8. The maximum Gasteiger partial charge on any atom is 0.306 e. The minimum atomic E-state index is -0.826. The van der Waals surface area contributed by atoms with Crippen molar-refractivity contribution in [1.29, 1.82) is 0 Å². The van der Waals surface area contributed by atoms with Gasteiger partial charge in [-0.1, -0.05) is 30.3 Å². The lowest BCUT2D eigenvalue weighted by Crippen LogP contribution is -2.58. The summed E-state index contributed by atoms with van der Waals surface area (Å²) >= 11 is 0. The molecule has 2 amide bonds. The van der Waals surface area contributed by atoms with E-state index >= 15 is 0 Å². The molecule has 0 heterocycles. The Bertz CT molecular complexity index is 818. The standard InChI is InChI=1S/C23H36N6O4/c1-15(24)21(31)29(18-11-9-17(10-12-18)22(32)33)19(8-5-13-27-23(25)26)20(30)28-14-16-6-3-2-4-7-16/h2-4,6-7,15,17-19H,5,8-14,24H2,1H3,(H,28,30)(H,32,33)(H4,25,26,27)/t15-,17?,18?,19-/m0/s1. The van der Waals surface area contributed by atoms with Crippen molar-refractivity contribution in [3.63, 3.8) is 0 Å². The van der Waals surface area contributed by atoms with Gasteiger partial charge in [0.2, 0.25) is 11.8 Å². The van der Waals surface area contributed by atoms with Gasteiger partial charge < -0.3 is 32.5 Å². The van der Waals surface area contributed by atoms with Crippen molar-refractivity contribution in [1.82, 2.24) is 10.2 Å². The van der Waals surface area contributed by atoms with Crippen LogP contribution in [0.25, 0.3) is 0 Å². The van der Waals surface area contributed by atoms with Crippen LogP contribution in [-0.2, 0) is 20.9 Å². The summed E-state index contributed by atoms with van der Waals surface area (Å²) in [5.74, 6) is -1.89. The monoisotopic (exact) mass is 460 g/mol. The largest absolute Gasteiger partial charge is 0.481 e. The number of amides is 2. The third-order valence-corrected chi connectivity index (χ3v) is 5.96. The topological polar surface area (TPSA) is 177 Å². The zero-order chi connectivity index (χ0) is 24.4. The predicted molar refractivity (Wildman–Crippen MR) is 126 cm³/mol. The first-order valence-electron chi connectivity index (χ1n) is 11.4. The molecule has 182 valence electrons. The maximum atomic E-state index is 13.3. The summed E-state index contributed by atoms with van der Waals surface area (Å²) < 4.78 is 0. The van der Waals surface area contributed by atoms with E-state index in [0.717, 1.165) is 5.56 Å². The summed E-state index contributed by atoms with van der Waals surface area (Å²) in [6, 6.07) is 7.70. The van der Waals surface area contributed by atoms with Crippen molar-refractivity contribution in [2.24, 2.45) is 28.1 Å². The molecule has 0 saturated heterocycles. The highest BCUT2D eigenvalue weighted by molar-refractivity contribution is 5.90. The maximum absolute atomic E-state index is 13.3. The van der Waals surface area contributed by atoms with Crippen LogP contribution in [0.3, 0.4) is 0 Å². The Balaban J connectivity index is 2.22. The summed E-state index contributed by atoms with van der Waals surface area (Å²) in [7, 11) is 0. The lowest BCUT2D eigenvalue weighted by Gasteiger charge is -2.41. The lowest BCUT2D eigenvalue weighted by atomic mass is 9.84. The van der Waals surface area contributed by atoms with E-state index < -0.39 is 24.0 Å². The molecule has 1 aliphatic rings. The minimum Gasteiger partial charge on any atom is -0.481 e. The molecule has 1 saturated carbocycles. The Hall–Kier alpha value is -3.14. The van der Waals surface area contributed by atoms with E-state index in [9.17, 15) is 19.5 Å². The molecular weight excluding hydrogens is 424 g/mol. The molecule has 10 nitrogen and oxygen atoms in total. The smallest absolute Gasteiger partial charge is 0.306 e. The molecule has 2 rings (SSSR count). The summed E-state index contributed by atoms with van der Waals surface area (Å²) in [5.41, 5.74) is 17.7. The number of nitrogens with zero attached hydrogens (tertiary/aromatic N) is 2. The number of hydrogen-bond acceptors (Lipinski definition) is 5. The van der Waals surface area contributed by atoms with Gasteiger partial charge in [0.25, 0.3) is 0 Å². The highest BCUT2D eigenvalue weighted by Crippen LogP contribution is 2.30. The molecule has 1 aliphatic carbocycles. The number of carbonyl (C=O) groups is 3. The number of carboxylic acids is 1. The molecule has 1 fully saturated rings. The van der Waals surface area contributed by atoms with Crippen LogP contribution in [0.5, 0.6) is 0 Å². The summed E-state index contributed by atoms with van der Waals surface area (Å²) in [6.07, 6.45) is 2.77. The van der Waals surface area contributed by atoms with Gasteiger partial charge in [-0.15, -0.1) is 0 Å². The van der Waals surface area contributed by atoms with Crippen molar-refractivity contribution in [3.05, 3.63) is 35.9 Å². The van der Waals surface area contributed by atoms with Crippen molar-refractivity contribution in [2.45, 2.75) is 70.1 Å². The Labute approximate surface area is 194 Å². The van der Waals surface area contributed by atoms with Gasteiger partial charge in [0, 0.05) is 19.1 Å². The van der Waals surface area contributed by atoms with E-state index in [-0.39, 0.29) is 23.8 Å². The van der Waals surface area contributed by atoms with E-state index in [1.807, 2.05) is 30.3 Å². The average molecular weight is 461 g/mol. The van der Waals surface area contributed by atoms with Gasteiger partial charge in [0.05, 0.1) is 12.0 Å². The van der Waals surface area contributed by atoms with E-state index in [1.54, 1.807) is 11.8 Å². The first-order chi connectivity index (χ1) is 15.7. The predicted octanol–water partition coefficient (Wildman–Crippen LogP) is 0.544. The van der Waals surface area contributed by atoms with Crippen molar-refractivity contribution in [2.75, 3.05) is 6.54 Å². The van der Waals surface area contributed by atoms with Crippen LogP contribution in [0.4, 0.5) is 0 Å². The van der Waals surface area contributed by atoms with Gasteiger partial charge in [-0.2, -0.15) is 0 Å². The average Bonchev–Trinajstić information content (AvgIpc) is 2.79. The Morgan fingerprint density at radius 1 is 1.15 bits per heavy atom. The fraction of sp³-hybridized carbons (Fsp3) is 0.565. The first kappa shape index (κ1) is 26.1. The first-order valence-corrected chi connectivity index (χ1v) is 11.4. The summed E-state index contributed by atoms with van der Waals surface area (Å²) in [5, 5.41) is 12.3. The van der Waals surface area contributed by atoms with Gasteiger partial charge in [-0.25, -0.2) is 0 Å². The molecule has 1 aromatic rings. The van der Waals surface area contributed by atoms with Gasteiger partial charge in [0.15, 0.2) is 5.96 Å². The Morgan fingerprint density at radius 3 is 2.33 bits per heavy atom. The van der Waals surface area contributed by atoms with Crippen LogP contribution in [0, 0.1) is 5.92 Å². The number of carbonyl (C=O) groups excluding carboxylic acids is 2. The van der Waals surface area contributed by atoms with Crippen molar-refractivity contribution in [3.8, 4) is 0 Å². The van der Waals surface area contributed by atoms with Gasteiger partial charge in [-0.3, -0.25) is 19.4 Å². The number of aliphatic carboxylic acids is 1. The molecular formula is C23H36N6O4. The number of rotatable bonds is 11. The molecule has 2 atom stereocenters. The third-order valence-electron chi connectivity index (χ3n) is 5.96. The highest BCUT2D eigenvalue weighted by Gasteiger charge is 2.38. The van der Waals surface area contributed by atoms with Crippen LogP contribution in [0.1, 0.15) is 51.0 Å². The molecule has 0 bridgehead atoms. The van der Waals surface area contributed by atoms with Crippen molar-refractivity contribution < 1.29 is 19.5 Å². The number of carboxylic acid groups (broad SMARTS) is 1. The second-order valence-corrected chi connectivity index (χ2v) is 8.55. The molecule has 10 heteroatoms. The second-order valence-electron chi connectivity index (χ2n) is 8.55. The molecule has 0 aromatic heterocycles. The zero-order valence-electron chi connectivity index (χ0n) is 19.2. The third kappa shape index (κ3) is 8.05. The molecule has 33 heavy (non-hydrogen) atoms. The number of hydrogen-bond donors (Lipinski definition) is 5. The minimum absolute atomic E-state index is 0.0319. The number of guanidine groups is 1. The van der Waals surface area contributed by atoms with Crippen molar-refractivity contribution >= 4 is 23.7 Å². The molecule has 0 aliphatic heterocycles. The van der Waals surface area contributed by atoms with E-state index in [1.165, 1.54) is 0 Å². The Morgan fingerprint density at radius 2 is 1.79 bits per heavy atom. The molecule has 0 spiro atoms. The van der Waals surface area contributed by atoms with Gasteiger partial charge in [0.1, 0.15) is 6.04 Å². The number of nitrogens with two attached hydrogens (primary N) is 3. The SMILES string of the molecule is C[C@H](N)C(=O)N(C1CCC(C(=O)O)CC1)[C@@H](CCCN=C(N)N)C(=O)NCc1ccccc1. The summed E-state index contributed by atoms with van der Waals surface area (Å²) in [4.78, 5) is 43.4. The highest BCUT2D eigenvalue weighted by atomic mass is 16.4. The zero-order valence-corrected chi connectivity index (χ0v) is 19.2. The normalized spacial score (nSPS) is 19.7. The lowest BCUT2D eigenvalue weighted by molar-refractivity contribution is -0.147. The van der Waals surface area contributed by atoms with E-state index in [4.69, 9.17) is 17.2 Å². The van der Waals surface area contributed by atoms with Crippen LogP contribution in [0.2, 0.25) is 0 Å². The molecule has 0 unspecified atom stereocenters. The fourth-order valence-corrected chi connectivity index (χ4v) is 4.22. The van der Waals surface area contributed by atoms with Gasteiger partial charge in [-0.05, 0) is 51.0 Å². The van der Waals surface area contributed by atoms with Gasteiger partial charge >= 0.3 is 5.97 Å². The fourth-order valence-electron chi connectivity index (χ4n) is 4.22. The summed E-state index contributed by atoms with van der Waals surface area (Å²) in [6.45, 7) is 2.25.